The first-order valence-corrected chi connectivity index (χ1v) is 6.42. The fourth-order valence-electron chi connectivity index (χ4n) is 2.25. The van der Waals surface area contributed by atoms with E-state index in [1.54, 1.807) is 0 Å². The van der Waals surface area contributed by atoms with Gasteiger partial charge in [-0.25, -0.2) is 0 Å². The van der Waals surface area contributed by atoms with E-state index in [-0.39, 0.29) is 24.6 Å². The van der Waals surface area contributed by atoms with Gasteiger partial charge in [-0.1, -0.05) is 24.3 Å². The zero-order valence-electron chi connectivity index (χ0n) is 10.6. The van der Waals surface area contributed by atoms with Gasteiger partial charge in [-0.2, -0.15) is 0 Å². The van der Waals surface area contributed by atoms with Crippen molar-refractivity contribution in [2.45, 2.75) is 38.4 Å². The van der Waals surface area contributed by atoms with Gasteiger partial charge in [0.1, 0.15) is 0 Å². The highest BCUT2D eigenvalue weighted by Gasteiger charge is 2.24. The lowest BCUT2D eigenvalue weighted by Gasteiger charge is -2.26. The van der Waals surface area contributed by atoms with Crippen molar-refractivity contribution in [3.8, 4) is 0 Å². The molecule has 1 heterocycles. The minimum Gasteiger partial charge on any atom is -0.396 e. The van der Waals surface area contributed by atoms with Crippen LogP contribution < -0.4 is 10.6 Å². The molecule has 3 N–H and O–H groups in total. The van der Waals surface area contributed by atoms with Crippen LogP contribution in [0.2, 0.25) is 0 Å². The Kier molecular flexibility index (Phi) is 4.33. The summed E-state index contributed by atoms with van der Waals surface area (Å²) in [6, 6.07) is 8.04. The molecule has 0 radical (unpaired) electrons. The lowest BCUT2D eigenvalue weighted by Crippen LogP contribution is -2.50. The van der Waals surface area contributed by atoms with E-state index in [2.05, 4.69) is 22.8 Å². The molecular weight excluding hydrogens is 228 g/mol. The molecule has 1 unspecified atom stereocenters. The monoisotopic (exact) mass is 248 g/mol. The van der Waals surface area contributed by atoms with Gasteiger partial charge < -0.3 is 15.7 Å². The zero-order chi connectivity index (χ0) is 13.0. The number of hydrogen-bond acceptors (Lipinski definition) is 3. The summed E-state index contributed by atoms with van der Waals surface area (Å²) in [4.78, 5) is 12.0. The van der Waals surface area contributed by atoms with Crippen LogP contribution in [0.25, 0.3) is 0 Å². The maximum atomic E-state index is 12.0. The van der Waals surface area contributed by atoms with E-state index in [4.69, 9.17) is 5.11 Å². The van der Waals surface area contributed by atoms with Crippen LogP contribution >= 0.6 is 0 Å². The van der Waals surface area contributed by atoms with Crippen LogP contribution in [0, 0.1) is 0 Å². The summed E-state index contributed by atoms with van der Waals surface area (Å²) < 4.78 is 0. The Morgan fingerprint density at radius 1 is 1.50 bits per heavy atom. The molecule has 0 saturated heterocycles. The molecule has 1 amide bonds. The lowest BCUT2D eigenvalue weighted by molar-refractivity contribution is -0.124. The van der Waals surface area contributed by atoms with Crippen molar-refractivity contribution >= 4 is 5.91 Å². The number of carbonyl (C=O) groups excluding carboxylic acids is 1. The van der Waals surface area contributed by atoms with Crippen molar-refractivity contribution in [2.75, 3.05) is 6.61 Å². The SMILES string of the molecule is CC(CCO)NC(=O)[C@@H]1Cc2ccccc2CN1. The number of hydrogen-bond donors (Lipinski definition) is 3. The molecule has 1 aliphatic heterocycles. The van der Waals surface area contributed by atoms with Crippen LogP contribution in [0.15, 0.2) is 24.3 Å². The molecule has 0 fully saturated rings. The maximum Gasteiger partial charge on any atom is 0.237 e. The molecule has 2 atom stereocenters. The van der Waals surface area contributed by atoms with Crippen LogP contribution in [0.1, 0.15) is 24.5 Å². The summed E-state index contributed by atoms with van der Waals surface area (Å²) in [6.45, 7) is 2.75. The van der Waals surface area contributed by atoms with Crippen LogP contribution in [0.3, 0.4) is 0 Å². The Labute approximate surface area is 107 Å². The number of aliphatic hydroxyl groups is 1. The number of benzene rings is 1. The smallest absolute Gasteiger partial charge is 0.237 e. The topological polar surface area (TPSA) is 61.4 Å². The molecule has 0 bridgehead atoms. The Morgan fingerprint density at radius 2 is 2.22 bits per heavy atom. The highest BCUT2D eigenvalue weighted by Crippen LogP contribution is 2.16. The van der Waals surface area contributed by atoms with Crippen LogP contribution in [-0.2, 0) is 17.8 Å². The van der Waals surface area contributed by atoms with E-state index in [9.17, 15) is 4.79 Å². The Hall–Kier alpha value is -1.39. The predicted octanol–water partition coefficient (Wildman–Crippen LogP) is 0.588. The summed E-state index contributed by atoms with van der Waals surface area (Å²) in [7, 11) is 0. The predicted molar refractivity (Wildman–Crippen MR) is 70.1 cm³/mol. The third kappa shape index (κ3) is 3.09. The van der Waals surface area contributed by atoms with Gasteiger partial charge in [0.05, 0.1) is 6.04 Å². The van der Waals surface area contributed by atoms with Crippen LogP contribution in [0.5, 0.6) is 0 Å². The molecule has 2 rings (SSSR count). The van der Waals surface area contributed by atoms with Gasteiger partial charge >= 0.3 is 0 Å². The van der Waals surface area contributed by atoms with Gasteiger partial charge in [0, 0.05) is 19.2 Å². The minimum absolute atomic E-state index is 0.0153. The number of aliphatic hydroxyl groups excluding tert-OH is 1. The van der Waals surface area contributed by atoms with E-state index in [0.29, 0.717) is 6.42 Å². The molecule has 4 heteroatoms. The largest absolute Gasteiger partial charge is 0.396 e. The van der Waals surface area contributed by atoms with E-state index < -0.39 is 0 Å². The first kappa shape index (κ1) is 13.1. The second kappa shape index (κ2) is 5.98. The Morgan fingerprint density at radius 3 is 2.94 bits per heavy atom. The molecule has 18 heavy (non-hydrogen) atoms. The van der Waals surface area contributed by atoms with Crippen LogP contribution in [-0.4, -0.2) is 29.7 Å². The van der Waals surface area contributed by atoms with Crippen molar-refractivity contribution in [1.82, 2.24) is 10.6 Å². The van der Waals surface area contributed by atoms with Crippen molar-refractivity contribution in [3.63, 3.8) is 0 Å². The van der Waals surface area contributed by atoms with Crippen molar-refractivity contribution < 1.29 is 9.90 Å². The Balaban J connectivity index is 1.94. The second-order valence-electron chi connectivity index (χ2n) is 4.83. The summed E-state index contributed by atoms with van der Waals surface area (Å²) in [5.74, 6) is 0.0189. The van der Waals surface area contributed by atoms with Gasteiger partial charge in [0.2, 0.25) is 5.91 Å². The summed E-state index contributed by atoms with van der Waals surface area (Å²) in [5.41, 5.74) is 2.51. The van der Waals surface area contributed by atoms with E-state index in [1.165, 1.54) is 11.1 Å². The quantitative estimate of drug-likeness (QED) is 0.731. The third-order valence-electron chi connectivity index (χ3n) is 3.35. The summed E-state index contributed by atoms with van der Waals surface area (Å²) in [6.07, 6.45) is 1.32. The van der Waals surface area contributed by atoms with E-state index >= 15 is 0 Å². The number of amides is 1. The van der Waals surface area contributed by atoms with Gasteiger partial charge in [0.15, 0.2) is 0 Å². The molecule has 98 valence electrons. The molecule has 1 aromatic carbocycles. The number of rotatable bonds is 4. The third-order valence-corrected chi connectivity index (χ3v) is 3.35. The molecule has 0 aromatic heterocycles. The van der Waals surface area contributed by atoms with Gasteiger partial charge in [-0.05, 0) is 30.9 Å². The zero-order valence-corrected chi connectivity index (χ0v) is 10.6. The summed E-state index contributed by atoms with van der Waals surface area (Å²) in [5, 5.41) is 15.0. The molecule has 0 aliphatic carbocycles. The van der Waals surface area contributed by atoms with Gasteiger partial charge in [-0.15, -0.1) is 0 Å². The van der Waals surface area contributed by atoms with Crippen molar-refractivity contribution in [1.29, 1.82) is 0 Å². The van der Waals surface area contributed by atoms with E-state index in [1.807, 2.05) is 19.1 Å². The van der Waals surface area contributed by atoms with E-state index in [0.717, 1.165) is 13.0 Å². The Bertz CT molecular complexity index is 420. The second-order valence-corrected chi connectivity index (χ2v) is 4.83. The van der Waals surface area contributed by atoms with Crippen LogP contribution in [0.4, 0.5) is 0 Å². The summed E-state index contributed by atoms with van der Waals surface area (Å²) >= 11 is 0. The first-order chi connectivity index (χ1) is 8.70. The number of nitrogens with one attached hydrogen (secondary N) is 2. The molecule has 0 spiro atoms. The molecule has 4 nitrogen and oxygen atoms in total. The minimum atomic E-state index is -0.166. The first-order valence-electron chi connectivity index (χ1n) is 6.42. The number of carbonyl (C=O) groups is 1. The maximum absolute atomic E-state index is 12.0. The van der Waals surface area contributed by atoms with Crippen molar-refractivity contribution in [2.24, 2.45) is 0 Å². The molecule has 1 aliphatic rings. The normalized spacial score (nSPS) is 20.0. The fraction of sp³-hybridized carbons (Fsp3) is 0.500. The average molecular weight is 248 g/mol. The highest BCUT2D eigenvalue weighted by molar-refractivity contribution is 5.82. The molecular formula is C14H20N2O2. The standard InChI is InChI=1S/C14H20N2O2/c1-10(6-7-17)16-14(18)13-8-11-4-2-3-5-12(11)9-15-13/h2-5,10,13,15,17H,6-9H2,1H3,(H,16,18)/t10?,13-/m0/s1. The van der Waals surface area contributed by atoms with Crippen molar-refractivity contribution in [3.05, 3.63) is 35.4 Å². The lowest BCUT2D eigenvalue weighted by atomic mass is 9.95. The van der Waals surface area contributed by atoms with Gasteiger partial charge in [0.25, 0.3) is 0 Å². The molecule has 1 aromatic rings. The highest BCUT2D eigenvalue weighted by atomic mass is 16.3. The fourth-order valence-corrected chi connectivity index (χ4v) is 2.25. The van der Waals surface area contributed by atoms with Gasteiger partial charge in [-0.3, -0.25) is 4.79 Å². The molecule has 0 saturated carbocycles. The average Bonchev–Trinajstić information content (AvgIpc) is 2.38. The number of fused-ring (bicyclic) bond motifs is 1.